The molecule has 2 rings (SSSR count). The molecule has 29 heavy (non-hydrogen) atoms. The summed E-state index contributed by atoms with van der Waals surface area (Å²) in [4.78, 5) is 30.0. The van der Waals surface area contributed by atoms with Crippen molar-refractivity contribution in [1.82, 2.24) is 0 Å². The van der Waals surface area contributed by atoms with Gasteiger partial charge >= 0.3 is 17.6 Å². The fourth-order valence-electron chi connectivity index (χ4n) is 2.21. The van der Waals surface area contributed by atoms with Crippen LogP contribution in [0.2, 0.25) is 10.0 Å². The van der Waals surface area contributed by atoms with Gasteiger partial charge in [0.05, 0.1) is 48.2 Å². The van der Waals surface area contributed by atoms with Crippen LogP contribution in [0.15, 0.2) is 22.7 Å². The van der Waals surface area contributed by atoms with Gasteiger partial charge in [-0.3, -0.25) is 30.3 Å². The molecule has 0 fully saturated rings. The lowest BCUT2D eigenvalue weighted by Gasteiger charge is -2.17. The second kappa shape index (κ2) is 7.96. The van der Waals surface area contributed by atoms with E-state index < -0.39 is 69.5 Å². The van der Waals surface area contributed by atoms with E-state index in [0.29, 0.717) is 12.1 Å². The lowest BCUT2D eigenvalue weighted by atomic mass is 10.1. The summed E-state index contributed by atoms with van der Waals surface area (Å²) in [6.07, 6.45) is -4.97. The number of hydrogen-bond acceptors (Lipinski definition) is 7. The van der Waals surface area contributed by atoms with Gasteiger partial charge in [0.15, 0.2) is 5.69 Å². The van der Waals surface area contributed by atoms with Crippen molar-refractivity contribution in [2.45, 2.75) is 6.18 Å². The Morgan fingerprint density at radius 3 is 1.76 bits per heavy atom. The van der Waals surface area contributed by atoms with Crippen LogP contribution in [0.3, 0.4) is 0 Å². The van der Waals surface area contributed by atoms with Crippen molar-refractivity contribution in [1.29, 1.82) is 0 Å². The normalized spacial score (nSPS) is 11.2. The maximum absolute atomic E-state index is 13.2. The maximum Gasteiger partial charge on any atom is 0.419 e. The van der Waals surface area contributed by atoms with E-state index in [1.54, 1.807) is 0 Å². The zero-order valence-electron chi connectivity index (χ0n) is 13.3. The molecular formula is C13H4BrCl2F3N4O6. The lowest BCUT2D eigenvalue weighted by Crippen LogP contribution is -2.10. The van der Waals surface area contributed by atoms with Crippen LogP contribution in [0.5, 0.6) is 0 Å². The van der Waals surface area contributed by atoms with E-state index in [-0.39, 0.29) is 0 Å². The van der Waals surface area contributed by atoms with E-state index in [1.807, 2.05) is 0 Å². The fourth-order valence-corrected chi connectivity index (χ4v) is 3.76. The van der Waals surface area contributed by atoms with Crippen LogP contribution in [-0.2, 0) is 6.18 Å². The quantitative estimate of drug-likeness (QED) is 0.363. The van der Waals surface area contributed by atoms with Gasteiger partial charge in [-0.25, -0.2) is 0 Å². The van der Waals surface area contributed by atoms with Crippen LogP contribution in [0.1, 0.15) is 5.56 Å². The van der Waals surface area contributed by atoms with Crippen molar-refractivity contribution in [2.75, 3.05) is 5.32 Å². The Balaban J connectivity index is 2.83. The summed E-state index contributed by atoms with van der Waals surface area (Å²) in [6.45, 7) is 0. The van der Waals surface area contributed by atoms with Crippen molar-refractivity contribution in [2.24, 2.45) is 0 Å². The predicted octanol–water partition coefficient (Wildman–Crippen LogP) is 6.24. The van der Waals surface area contributed by atoms with Gasteiger partial charge in [0, 0.05) is 4.47 Å². The van der Waals surface area contributed by atoms with Crippen LogP contribution in [0.4, 0.5) is 41.6 Å². The number of non-ortho nitro benzene ring substituents is 1. The summed E-state index contributed by atoms with van der Waals surface area (Å²) in [6, 6.07) is 1.59. The largest absolute Gasteiger partial charge is 0.419 e. The van der Waals surface area contributed by atoms with Crippen molar-refractivity contribution < 1.29 is 27.9 Å². The standard InChI is InChI=1S/C13H4BrCl2F3N4O6/c14-5-3-6(15)11(10(16)9(5)13(17,18)19)20-12-7(22(26)27)1-4(21(24)25)2-8(12)23(28)29/h1-3,20H. The van der Waals surface area contributed by atoms with Gasteiger partial charge in [-0.2, -0.15) is 13.2 Å². The number of hydrogen-bond donors (Lipinski definition) is 1. The Bertz CT molecular complexity index is 1030. The highest BCUT2D eigenvalue weighted by atomic mass is 79.9. The molecule has 0 atom stereocenters. The average Bonchev–Trinajstić information content (AvgIpc) is 2.55. The van der Waals surface area contributed by atoms with Crippen LogP contribution in [0.25, 0.3) is 0 Å². The first-order chi connectivity index (χ1) is 13.3. The van der Waals surface area contributed by atoms with Gasteiger partial charge < -0.3 is 5.32 Å². The van der Waals surface area contributed by atoms with E-state index in [1.165, 1.54) is 0 Å². The number of nitrogens with one attached hydrogen (secondary N) is 1. The van der Waals surface area contributed by atoms with Gasteiger partial charge in [0.25, 0.3) is 5.69 Å². The van der Waals surface area contributed by atoms with Gasteiger partial charge in [0.2, 0.25) is 0 Å². The van der Waals surface area contributed by atoms with Gasteiger partial charge in [0.1, 0.15) is 0 Å². The van der Waals surface area contributed by atoms with E-state index >= 15 is 0 Å². The molecule has 0 unspecified atom stereocenters. The maximum atomic E-state index is 13.2. The number of benzene rings is 2. The summed E-state index contributed by atoms with van der Waals surface area (Å²) in [7, 11) is 0. The topological polar surface area (TPSA) is 141 Å². The second-order valence-electron chi connectivity index (χ2n) is 5.16. The number of nitrogens with zero attached hydrogens (tertiary/aromatic N) is 3. The molecule has 0 radical (unpaired) electrons. The van der Waals surface area contributed by atoms with Crippen molar-refractivity contribution in [3.63, 3.8) is 0 Å². The van der Waals surface area contributed by atoms with Crippen molar-refractivity contribution in [3.8, 4) is 0 Å². The fraction of sp³-hybridized carbons (Fsp3) is 0.0769. The third-order valence-electron chi connectivity index (χ3n) is 3.39. The van der Waals surface area contributed by atoms with Crippen LogP contribution in [0, 0.1) is 30.3 Å². The number of halogens is 6. The highest BCUT2D eigenvalue weighted by Crippen LogP contribution is 2.49. The molecule has 154 valence electrons. The third kappa shape index (κ3) is 4.49. The van der Waals surface area contributed by atoms with Gasteiger partial charge in [-0.15, -0.1) is 0 Å². The van der Waals surface area contributed by atoms with E-state index in [2.05, 4.69) is 21.2 Å². The Morgan fingerprint density at radius 2 is 1.38 bits per heavy atom. The minimum absolute atomic E-state index is 0.403. The highest BCUT2D eigenvalue weighted by Gasteiger charge is 2.38. The molecule has 16 heteroatoms. The SMILES string of the molecule is O=[N+]([O-])c1cc([N+](=O)[O-])c(Nc2c(Cl)cc(Br)c(C(F)(F)F)c2Cl)c([N+](=O)[O-])c1. The summed E-state index contributed by atoms with van der Waals surface area (Å²) < 4.78 is 39.2. The summed E-state index contributed by atoms with van der Waals surface area (Å²) in [5, 5.41) is 34.0. The first kappa shape index (κ1) is 22.6. The molecule has 0 saturated carbocycles. The molecule has 0 spiro atoms. The van der Waals surface area contributed by atoms with Crippen LogP contribution >= 0.6 is 39.1 Å². The van der Waals surface area contributed by atoms with Gasteiger partial charge in [-0.1, -0.05) is 39.1 Å². The number of alkyl halides is 3. The molecule has 0 heterocycles. The molecule has 2 aromatic rings. The number of nitro benzene ring substituents is 3. The molecule has 0 aliphatic carbocycles. The zero-order chi connectivity index (χ0) is 22.3. The highest BCUT2D eigenvalue weighted by molar-refractivity contribution is 9.10. The molecular weight excluding hydrogens is 516 g/mol. The Morgan fingerprint density at radius 1 is 0.897 bits per heavy atom. The Hall–Kier alpha value is -2.71. The summed E-state index contributed by atoms with van der Waals surface area (Å²) >= 11 is 14.3. The van der Waals surface area contributed by atoms with E-state index in [4.69, 9.17) is 23.2 Å². The van der Waals surface area contributed by atoms with Crippen molar-refractivity contribution >= 4 is 67.6 Å². The molecule has 0 aromatic heterocycles. The average molecular weight is 520 g/mol. The minimum Gasteiger partial charge on any atom is -0.342 e. The molecule has 2 aromatic carbocycles. The monoisotopic (exact) mass is 518 g/mol. The molecule has 0 aliphatic rings. The predicted molar refractivity (Wildman–Crippen MR) is 98.9 cm³/mol. The lowest BCUT2D eigenvalue weighted by molar-refractivity contribution is -0.401. The minimum atomic E-state index is -4.97. The molecule has 10 nitrogen and oxygen atoms in total. The number of rotatable bonds is 5. The molecule has 0 saturated heterocycles. The van der Waals surface area contributed by atoms with Crippen LogP contribution < -0.4 is 5.32 Å². The van der Waals surface area contributed by atoms with Gasteiger partial charge in [-0.05, 0) is 6.07 Å². The molecule has 0 amide bonds. The summed E-state index contributed by atoms with van der Waals surface area (Å²) in [5.41, 5.74) is -6.31. The zero-order valence-corrected chi connectivity index (χ0v) is 16.4. The molecule has 0 aliphatic heterocycles. The number of anilines is 2. The Kier molecular flexibility index (Phi) is 6.20. The smallest absolute Gasteiger partial charge is 0.342 e. The summed E-state index contributed by atoms with van der Waals surface area (Å²) in [5.74, 6) is 0. The van der Waals surface area contributed by atoms with Crippen LogP contribution in [-0.4, -0.2) is 14.8 Å². The van der Waals surface area contributed by atoms with E-state index in [0.717, 1.165) is 6.07 Å². The first-order valence-electron chi connectivity index (χ1n) is 6.88. The van der Waals surface area contributed by atoms with Crippen molar-refractivity contribution in [3.05, 3.63) is 68.6 Å². The molecule has 1 N–H and O–H groups in total. The first-order valence-corrected chi connectivity index (χ1v) is 8.43. The second-order valence-corrected chi connectivity index (χ2v) is 6.80. The molecule has 0 bridgehead atoms. The van der Waals surface area contributed by atoms with E-state index in [9.17, 15) is 43.5 Å². The Labute approximate surface area is 175 Å². The third-order valence-corrected chi connectivity index (χ3v) is 4.69. The number of nitro groups is 3.